The van der Waals surface area contributed by atoms with Crippen molar-refractivity contribution in [2.75, 3.05) is 14.2 Å². The van der Waals surface area contributed by atoms with E-state index < -0.39 is 16.9 Å². The van der Waals surface area contributed by atoms with E-state index in [1.54, 1.807) is 38.3 Å². The fraction of sp³-hybridized carbons (Fsp3) is 0.235. The average molecular weight is 330 g/mol. The van der Waals surface area contributed by atoms with Crippen LogP contribution in [0.1, 0.15) is 28.9 Å². The highest BCUT2D eigenvalue weighted by atomic mass is 16.6. The number of carbonyl (C=O) groups excluding carboxylic acids is 1. The number of nitrogens with zero attached hydrogens (tertiary/aromatic N) is 1. The molecule has 0 saturated heterocycles. The molecule has 0 fully saturated rings. The van der Waals surface area contributed by atoms with Crippen molar-refractivity contribution in [2.24, 2.45) is 0 Å². The van der Waals surface area contributed by atoms with Crippen LogP contribution in [0.15, 0.2) is 42.5 Å². The number of benzene rings is 2. The van der Waals surface area contributed by atoms with Crippen molar-refractivity contribution in [1.82, 2.24) is 5.32 Å². The molecule has 0 aliphatic heterocycles. The van der Waals surface area contributed by atoms with Crippen LogP contribution in [-0.2, 0) is 0 Å². The van der Waals surface area contributed by atoms with E-state index in [0.717, 1.165) is 0 Å². The fourth-order valence-electron chi connectivity index (χ4n) is 2.35. The van der Waals surface area contributed by atoms with Crippen LogP contribution >= 0.6 is 0 Å². The van der Waals surface area contributed by atoms with E-state index in [-0.39, 0.29) is 11.3 Å². The molecule has 0 bridgehead atoms. The van der Waals surface area contributed by atoms with Crippen LogP contribution in [0.5, 0.6) is 11.5 Å². The van der Waals surface area contributed by atoms with Gasteiger partial charge >= 0.3 is 0 Å². The summed E-state index contributed by atoms with van der Waals surface area (Å²) in [4.78, 5) is 22.9. The molecule has 0 aromatic heterocycles. The van der Waals surface area contributed by atoms with E-state index >= 15 is 0 Å². The number of nitro benzene ring substituents is 1. The summed E-state index contributed by atoms with van der Waals surface area (Å²) >= 11 is 0. The number of methoxy groups -OCH3 is 2. The fourth-order valence-corrected chi connectivity index (χ4v) is 2.35. The van der Waals surface area contributed by atoms with Crippen molar-refractivity contribution >= 4 is 11.6 Å². The molecular weight excluding hydrogens is 312 g/mol. The summed E-state index contributed by atoms with van der Waals surface area (Å²) in [7, 11) is 3.07. The van der Waals surface area contributed by atoms with Gasteiger partial charge in [0.1, 0.15) is 17.1 Å². The Morgan fingerprint density at radius 1 is 1.17 bits per heavy atom. The number of hydrogen-bond acceptors (Lipinski definition) is 5. The van der Waals surface area contributed by atoms with Gasteiger partial charge in [-0.05, 0) is 31.2 Å². The first-order valence-corrected chi connectivity index (χ1v) is 7.24. The lowest BCUT2D eigenvalue weighted by molar-refractivity contribution is -0.385. The van der Waals surface area contributed by atoms with Crippen LogP contribution in [-0.4, -0.2) is 25.1 Å². The molecule has 1 atom stereocenters. The van der Waals surface area contributed by atoms with Gasteiger partial charge in [-0.15, -0.1) is 0 Å². The molecule has 0 aliphatic rings. The third kappa shape index (κ3) is 3.62. The lowest BCUT2D eigenvalue weighted by Gasteiger charge is -2.18. The normalized spacial score (nSPS) is 11.5. The second-order valence-corrected chi connectivity index (χ2v) is 5.08. The first kappa shape index (κ1) is 17.3. The second kappa shape index (κ2) is 7.45. The quantitative estimate of drug-likeness (QED) is 0.649. The van der Waals surface area contributed by atoms with Crippen LogP contribution < -0.4 is 14.8 Å². The first-order valence-electron chi connectivity index (χ1n) is 7.24. The van der Waals surface area contributed by atoms with E-state index in [9.17, 15) is 14.9 Å². The van der Waals surface area contributed by atoms with Crippen LogP contribution in [0.25, 0.3) is 0 Å². The van der Waals surface area contributed by atoms with E-state index in [2.05, 4.69) is 5.32 Å². The predicted molar refractivity (Wildman–Crippen MR) is 88.5 cm³/mol. The summed E-state index contributed by atoms with van der Waals surface area (Å²) in [5.74, 6) is 0.684. The third-order valence-electron chi connectivity index (χ3n) is 3.60. The number of nitro groups is 1. The number of nitrogens with one attached hydrogen (secondary N) is 1. The highest BCUT2D eigenvalue weighted by molar-refractivity contribution is 5.98. The first-order chi connectivity index (χ1) is 11.5. The van der Waals surface area contributed by atoms with Gasteiger partial charge in [0.15, 0.2) is 0 Å². The van der Waals surface area contributed by atoms with Gasteiger partial charge in [-0.1, -0.05) is 12.1 Å². The second-order valence-electron chi connectivity index (χ2n) is 5.08. The van der Waals surface area contributed by atoms with Gasteiger partial charge < -0.3 is 14.8 Å². The zero-order valence-electron chi connectivity index (χ0n) is 13.6. The largest absolute Gasteiger partial charge is 0.497 e. The Balaban J connectivity index is 2.28. The van der Waals surface area contributed by atoms with Gasteiger partial charge in [0.25, 0.3) is 11.6 Å². The zero-order chi connectivity index (χ0) is 17.7. The van der Waals surface area contributed by atoms with Crippen LogP contribution in [0.4, 0.5) is 5.69 Å². The SMILES string of the molecule is COc1ccc(OC)c([C@H](C)NC(=O)c2ccccc2[N+](=O)[O-])c1. The maximum atomic E-state index is 12.4. The van der Waals surface area contributed by atoms with E-state index in [1.807, 2.05) is 0 Å². The predicted octanol–water partition coefficient (Wildman–Crippen LogP) is 3.10. The lowest BCUT2D eigenvalue weighted by Crippen LogP contribution is -2.27. The standard InChI is InChI=1S/C17H18N2O5/c1-11(14-10-12(23-2)8-9-16(14)24-3)18-17(20)13-6-4-5-7-15(13)19(21)22/h4-11H,1-3H3,(H,18,20)/t11-/m0/s1. The Morgan fingerprint density at radius 3 is 2.50 bits per heavy atom. The average Bonchev–Trinajstić information content (AvgIpc) is 2.60. The van der Waals surface area contributed by atoms with Crippen molar-refractivity contribution in [2.45, 2.75) is 13.0 Å². The summed E-state index contributed by atoms with van der Waals surface area (Å²) < 4.78 is 10.5. The molecular formula is C17H18N2O5. The minimum Gasteiger partial charge on any atom is -0.497 e. The van der Waals surface area contributed by atoms with Crippen molar-refractivity contribution in [1.29, 1.82) is 0 Å². The minimum atomic E-state index is -0.578. The Hall–Kier alpha value is -3.09. The van der Waals surface area contributed by atoms with Gasteiger partial charge in [0.2, 0.25) is 0 Å². The van der Waals surface area contributed by atoms with Crippen molar-refractivity contribution in [3.63, 3.8) is 0 Å². The Kier molecular flexibility index (Phi) is 5.36. The number of hydrogen-bond donors (Lipinski definition) is 1. The van der Waals surface area contributed by atoms with Gasteiger partial charge in [-0.3, -0.25) is 14.9 Å². The summed E-state index contributed by atoms with van der Waals surface area (Å²) in [5.41, 5.74) is 0.486. The summed E-state index contributed by atoms with van der Waals surface area (Å²) in [6, 6.07) is 10.6. The van der Waals surface area contributed by atoms with Crippen LogP contribution in [0.2, 0.25) is 0 Å². The molecule has 0 aliphatic carbocycles. The molecule has 1 N–H and O–H groups in total. The van der Waals surface area contributed by atoms with Gasteiger partial charge in [-0.2, -0.15) is 0 Å². The summed E-state index contributed by atoms with van der Waals surface area (Å²) in [5, 5.41) is 13.8. The molecule has 7 nitrogen and oxygen atoms in total. The zero-order valence-corrected chi connectivity index (χ0v) is 13.6. The van der Waals surface area contributed by atoms with Crippen LogP contribution in [0, 0.1) is 10.1 Å². The highest BCUT2D eigenvalue weighted by Crippen LogP contribution is 2.29. The molecule has 0 heterocycles. The summed E-state index contributed by atoms with van der Waals surface area (Å²) in [6.45, 7) is 1.77. The van der Waals surface area contributed by atoms with Crippen LogP contribution in [0.3, 0.4) is 0 Å². The molecule has 0 saturated carbocycles. The molecule has 0 radical (unpaired) electrons. The Bertz CT molecular complexity index is 760. The number of carbonyl (C=O) groups is 1. The third-order valence-corrected chi connectivity index (χ3v) is 3.60. The molecule has 0 spiro atoms. The molecule has 0 unspecified atom stereocenters. The molecule has 126 valence electrons. The molecule has 2 rings (SSSR count). The monoisotopic (exact) mass is 330 g/mol. The van der Waals surface area contributed by atoms with Crippen molar-refractivity contribution in [3.05, 3.63) is 63.7 Å². The number of rotatable bonds is 6. The minimum absolute atomic E-state index is 0.0104. The molecule has 1 amide bonds. The van der Waals surface area contributed by atoms with Crippen molar-refractivity contribution < 1.29 is 19.2 Å². The topological polar surface area (TPSA) is 90.7 Å². The summed E-state index contributed by atoms with van der Waals surface area (Å²) in [6.07, 6.45) is 0. The Morgan fingerprint density at radius 2 is 1.88 bits per heavy atom. The molecule has 2 aromatic rings. The molecule has 2 aromatic carbocycles. The van der Waals surface area contributed by atoms with E-state index in [0.29, 0.717) is 17.1 Å². The van der Waals surface area contributed by atoms with Gasteiger partial charge in [0, 0.05) is 11.6 Å². The number of para-hydroxylation sites is 1. The Labute approximate surface area is 139 Å². The highest BCUT2D eigenvalue weighted by Gasteiger charge is 2.22. The molecule has 7 heteroatoms. The van der Waals surface area contributed by atoms with E-state index in [4.69, 9.17) is 9.47 Å². The lowest BCUT2D eigenvalue weighted by atomic mass is 10.1. The maximum Gasteiger partial charge on any atom is 0.282 e. The maximum absolute atomic E-state index is 12.4. The smallest absolute Gasteiger partial charge is 0.282 e. The number of ether oxygens (including phenoxy) is 2. The molecule has 24 heavy (non-hydrogen) atoms. The van der Waals surface area contributed by atoms with Gasteiger partial charge in [-0.25, -0.2) is 0 Å². The number of amides is 1. The van der Waals surface area contributed by atoms with Gasteiger partial charge in [0.05, 0.1) is 25.2 Å². The van der Waals surface area contributed by atoms with E-state index in [1.165, 1.54) is 25.3 Å². The van der Waals surface area contributed by atoms with Crippen molar-refractivity contribution in [3.8, 4) is 11.5 Å².